The maximum absolute atomic E-state index is 12.4. The molecule has 0 radical (unpaired) electrons. The summed E-state index contributed by atoms with van der Waals surface area (Å²) in [5.41, 5.74) is 4.40. The van der Waals surface area contributed by atoms with Gasteiger partial charge in [-0.15, -0.1) is 0 Å². The Kier molecular flexibility index (Phi) is 4.68. The number of esters is 1. The highest BCUT2D eigenvalue weighted by molar-refractivity contribution is 5.96. The highest BCUT2D eigenvalue weighted by atomic mass is 16.5. The van der Waals surface area contributed by atoms with Crippen molar-refractivity contribution in [3.8, 4) is 0 Å². The molecule has 4 heteroatoms. The minimum Gasteiger partial charge on any atom is -0.454 e. The molecule has 0 spiro atoms. The first kappa shape index (κ1) is 17.9. The number of carbonyl (C=O) groups is 2. The lowest BCUT2D eigenvalue weighted by molar-refractivity contribution is -0.117. The number of hydrogen-bond acceptors (Lipinski definition) is 4. The van der Waals surface area contributed by atoms with Crippen LogP contribution in [0.2, 0.25) is 0 Å². The van der Waals surface area contributed by atoms with Crippen molar-refractivity contribution in [3.63, 3.8) is 0 Å². The van der Waals surface area contributed by atoms with E-state index in [4.69, 9.17) is 4.74 Å². The van der Waals surface area contributed by atoms with Gasteiger partial charge < -0.3 is 9.64 Å². The Bertz CT molecular complexity index is 879. The zero-order chi connectivity index (χ0) is 18.9. The molecule has 3 rings (SSSR count). The number of aryl methyl sites for hydroxylation is 1. The fraction of sp³-hybridized carbons (Fsp3) is 0.273. The molecule has 0 unspecified atom stereocenters. The van der Waals surface area contributed by atoms with E-state index < -0.39 is 5.97 Å². The fourth-order valence-corrected chi connectivity index (χ4v) is 3.36. The number of rotatable bonds is 4. The number of nitrogens with zero attached hydrogens (tertiary/aromatic N) is 1. The second-order valence-corrected chi connectivity index (χ2v) is 7.14. The summed E-state index contributed by atoms with van der Waals surface area (Å²) in [5.74, 6) is -0.715. The smallest absolute Gasteiger partial charge is 0.338 e. The number of likely N-dealkylation sites (N-methyl/N-ethyl adjacent to an activating group) is 1. The Morgan fingerprint density at radius 3 is 2.38 bits per heavy atom. The van der Waals surface area contributed by atoms with E-state index >= 15 is 0 Å². The van der Waals surface area contributed by atoms with Gasteiger partial charge in [0.25, 0.3) is 0 Å². The third kappa shape index (κ3) is 3.27. The van der Waals surface area contributed by atoms with Crippen molar-refractivity contribution < 1.29 is 14.3 Å². The third-order valence-corrected chi connectivity index (χ3v) is 4.87. The topological polar surface area (TPSA) is 46.6 Å². The van der Waals surface area contributed by atoms with Gasteiger partial charge in [-0.05, 0) is 30.7 Å². The molecule has 0 fully saturated rings. The van der Waals surface area contributed by atoms with Gasteiger partial charge >= 0.3 is 5.97 Å². The highest BCUT2D eigenvalue weighted by Gasteiger charge is 2.38. The predicted octanol–water partition coefficient (Wildman–Crippen LogP) is 4.03. The Labute approximate surface area is 154 Å². The number of carbonyl (C=O) groups excluding carboxylic acids is 2. The van der Waals surface area contributed by atoms with Crippen molar-refractivity contribution in [2.24, 2.45) is 0 Å². The summed E-state index contributed by atoms with van der Waals surface area (Å²) >= 11 is 0. The van der Waals surface area contributed by atoms with Gasteiger partial charge in [0, 0.05) is 29.9 Å². The Morgan fingerprint density at radius 1 is 1.08 bits per heavy atom. The van der Waals surface area contributed by atoms with Gasteiger partial charge in [-0.3, -0.25) is 4.79 Å². The molecule has 26 heavy (non-hydrogen) atoms. The molecule has 1 aliphatic rings. The van der Waals surface area contributed by atoms with Crippen molar-refractivity contribution in [1.82, 2.24) is 0 Å². The summed E-state index contributed by atoms with van der Waals surface area (Å²) in [7, 11) is 1.95. The van der Waals surface area contributed by atoms with E-state index in [1.165, 1.54) is 5.56 Å². The van der Waals surface area contributed by atoms with Gasteiger partial charge in [-0.1, -0.05) is 49.7 Å². The number of anilines is 1. The molecule has 0 aromatic heterocycles. The molecular formula is C22H23NO3. The van der Waals surface area contributed by atoms with Crippen molar-refractivity contribution in [2.45, 2.75) is 26.2 Å². The molecule has 0 atom stereocenters. The first-order valence-electron chi connectivity index (χ1n) is 8.63. The third-order valence-electron chi connectivity index (χ3n) is 4.87. The average Bonchev–Trinajstić information content (AvgIpc) is 2.81. The largest absolute Gasteiger partial charge is 0.454 e. The quantitative estimate of drug-likeness (QED) is 0.617. The lowest BCUT2D eigenvalue weighted by Gasteiger charge is -2.23. The van der Waals surface area contributed by atoms with Crippen molar-refractivity contribution in [2.75, 3.05) is 18.6 Å². The zero-order valence-corrected chi connectivity index (χ0v) is 15.6. The Morgan fingerprint density at radius 2 is 1.73 bits per heavy atom. The Hall–Kier alpha value is -2.88. The Balaban J connectivity index is 1.71. The number of allylic oxidation sites excluding steroid dienone is 1. The monoisotopic (exact) mass is 349 g/mol. The highest BCUT2D eigenvalue weighted by Crippen LogP contribution is 2.46. The van der Waals surface area contributed by atoms with Crippen LogP contribution in [0.4, 0.5) is 5.69 Å². The van der Waals surface area contributed by atoms with Gasteiger partial charge in [0.2, 0.25) is 0 Å². The fourth-order valence-electron chi connectivity index (χ4n) is 3.36. The molecule has 0 saturated carbocycles. The van der Waals surface area contributed by atoms with Crippen molar-refractivity contribution in [3.05, 3.63) is 77.0 Å². The molecule has 0 N–H and O–H groups in total. The standard InChI is InChI=1S/C22H23NO3/c1-15-9-11-16(12-10-15)21(25)26-14-17(24)13-20-22(2,3)18-7-5-6-8-19(18)23(20)4/h5-13H,14H2,1-4H3. The SMILES string of the molecule is Cc1ccc(C(=O)OCC(=O)C=C2N(C)c3ccccc3C2(C)C)cc1. The summed E-state index contributed by atoms with van der Waals surface area (Å²) in [4.78, 5) is 26.5. The summed E-state index contributed by atoms with van der Waals surface area (Å²) in [6.45, 7) is 5.86. The van der Waals surface area contributed by atoms with Crippen LogP contribution in [0.5, 0.6) is 0 Å². The van der Waals surface area contributed by atoms with Gasteiger partial charge in [0.05, 0.1) is 5.56 Å². The first-order chi connectivity index (χ1) is 12.3. The molecule has 0 bridgehead atoms. The minimum absolute atomic E-state index is 0.229. The lowest BCUT2D eigenvalue weighted by atomic mass is 9.83. The maximum atomic E-state index is 12.4. The maximum Gasteiger partial charge on any atom is 0.338 e. The number of benzene rings is 2. The molecule has 0 amide bonds. The minimum atomic E-state index is -0.487. The van der Waals surface area contributed by atoms with Crippen LogP contribution in [-0.4, -0.2) is 25.4 Å². The van der Waals surface area contributed by atoms with E-state index in [1.54, 1.807) is 18.2 Å². The summed E-state index contributed by atoms with van der Waals surface area (Å²) in [5, 5.41) is 0. The number of hydrogen-bond donors (Lipinski definition) is 0. The molecular weight excluding hydrogens is 326 g/mol. The van der Waals surface area contributed by atoms with E-state index in [0.717, 1.165) is 16.9 Å². The van der Waals surface area contributed by atoms with E-state index in [1.807, 2.05) is 49.2 Å². The van der Waals surface area contributed by atoms with Gasteiger partial charge in [-0.2, -0.15) is 0 Å². The summed E-state index contributed by atoms with van der Waals surface area (Å²) in [6, 6.07) is 15.2. The molecule has 1 heterocycles. The lowest BCUT2D eigenvalue weighted by Crippen LogP contribution is -2.25. The molecule has 2 aromatic carbocycles. The summed E-state index contributed by atoms with van der Waals surface area (Å²) in [6.07, 6.45) is 1.59. The predicted molar refractivity (Wildman–Crippen MR) is 102 cm³/mol. The normalized spacial score (nSPS) is 16.5. The van der Waals surface area contributed by atoms with E-state index in [9.17, 15) is 9.59 Å². The number of ketones is 1. The van der Waals surface area contributed by atoms with Gasteiger partial charge in [0.15, 0.2) is 12.4 Å². The number of fused-ring (bicyclic) bond motifs is 1. The number of ether oxygens (including phenoxy) is 1. The molecule has 4 nitrogen and oxygen atoms in total. The van der Waals surface area contributed by atoms with Crippen LogP contribution < -0.4 is 4.90 Å². The molecule has 1 aliphatic heterocycles. The van der Waals surface area contributed by atoms with E-state index in [2.05, 4.69) is 19.9 Å². The van der Waals surface area contributed by atoms with Crippen LogP contribution >= 0.6 is 0 Å². The zero-order valence-electron chi connectivity index (χ0n) is 15.6. The van der Waals surface area contributed by atoms with Crippen LogP contribution in [0.25, 0.3) is 0 Å². The van der Waals surface area contributed by atoms with Crippen LogP contribution in [-0.2, 0) is 14.9 Å². The average molecular weight is 349 g/mol. The van der Waals surface area contributed by atoms with Crippen molar-refractivity contribution in [1.29, 1.82) is 0 Å². The van der Waals surface area contributed by atoms with Crippen LogP contribution in [0.1, 0.15) is 35.3 Å². The van der Waals surface area contributed by atoms with Gasteiger partial charge in [-0.25, -0.2) is 4.79 Å². The van der Waals surface area contributed by atoms with Crippen LogP contribution in [0.3, 0.4) is 0 Å². The van der Waals surface area contributed by atoms with E-state index in [0.29, 0.717) is 5.56 Å². The molecule has 0 saturated heterocycles. The van der Waals surface area contributed by atoms with Crippen LogP contribution in [0, 0.1) is 6.92 Å². The van der Waals surface area contributed by atoms with Gasteiger partial charge in [0.1, 0.15) is 0 Å². The van der Waals surface area contributed by atoms with Crippen LogP contribution in [0.15, 0.2) is 60.3 Å². The first-order valence-corrected chi connectivity index (χ1v) is 8.63. The second kappa shape index (κ2) is 6.79. The van der Waals surface area contributed by atoms with Crippen molar-refractivity contribution >= 4 is 17.4 Å². The second-order valence-electron chi connectivity index (χ2n) is 7.14. The molecule has 2 aromatic rings. The summed E-state index contributed by atoms with van der Waals surface area (Å²) < 4.78 is 5.17. The molecule has 134 valence electrons. The number of para-hydroxylation sites is 1. The molecule has 0 aliphatic carbocycles. The van der Waals surface area contributed by atoms with E-state index in [-0.39, 0.29) is 17.8 Å².